The first-order valence-corrected chi connectivity index (χ1v) is 15.6. The molecule has 45 heavy (non-hydrogen) atoms. The third-order valence-electron chi connectivity index (χ3n) is 7.45. The number of carbonyl (C=O) groups is 4. The third-order valence-corrected chi connectivity index (χ3v) is 9.21. The Labute approximate surface area is 260 Å². The van der Waals surface area contributed by atoms with E-state index in [1.165, 1.54) is 14.2 Å². The number of esters is 2. The molecule has 2 heterocycles. The first-order chi connectivity index (χ1) is 21.6. The molecule has 2 unspecified atom stereocenters. The van der Waals surface area contributed by atoms with Crippen molar-refractivity contribution >= 4 is 45.7 Å². The van der Waals surface area contributed by atoms with Crippen molar-refractivity contribution < 1.29 is 37.8 Å². The number of nitrogens with zero attached hydrogens (tertiary/aromatic N) is 1. The predicted octanol–water partition coefficient (Wildman–Crippen LogP) is 3.94. The number of urea groups is 1. The van der Waals surface area contributed by atoms with Gasteiger partial charge in [-0.2, -0.15) is 0 Å². The zero-order chi connectivity index (χ0) is 32.1. The number of hydrogen-bond acceptors (Lipinski definition) is 9. The molecule has 5 rings (SSSR count). The van der Waals surface area contributed by atoms with Gasteiger partial charge in [0, 0.05) is 6.42 Å². The monoisotopic (exact) mass is 635 g/mol. The van der Waals surface area contributed by atoms with E-state index in [1.807, 2.05) is 30.3 Å². The molecule has 236 valence electrons. The molecule has 1 fully saturated rings. The standard InChI is InChI=1S/C31H33N5O8S/c1-43-29(38)21-12-13-22-23(16-21)33-28(32-22)24(14-19-8-10-20(11-9-19)26-17-27(37)36-45(26,41)42)34-31(40)35-25(30(39)44-2)15-18-6-4-3-5-7-18/h3-13,16,24-26,41-42H,14-15,17H2,1-2H3,(H,32,33)(H,36,37)(H2,34,35,40)/t24?,25-,26?/m1/s1. The van der Waals surface area contributed by atoms with Crippen molar-refractivity contribution in [3.05, 3.63) is 101 Å². The summed E-state index contributed by atoms with van der Waals surface area (Å²) in [6.07, 6.45) is 0.422. The summed E-state index contributed by atoms with van der Waals surface area (Å²) in [6, 6.07) is 18.7. The molecule has 1 saturated heterocycles. The van der Waals surface area contributed by atoms with E-state index in [-0.39, 0.29) is 19.3 Å². The van der Waals surface area contributed by atoms with Crippen LogP contribution in [0.5, 0.6) is 0 Å². The minimum Gasteiger partial charge on any atom is -0.467 e. The molecule has 0 radical (unpaired) electrons. The van der Waals surface area contributed by atoms with Gasteiger partial charge in [0.15, 0.2) is 0 Å². The van der Waals surface area contributed by atoms with Gasteiger partial charge in [-0.1, -0.05) is 54.6 Å². The third kappa shape index (κ3) is 7.42. The summed E-state index contributed by atoms with van der Waals surface area (Å²) >= 11 is 0. The Morgan fingerprint density at radius 1 is 0.956 bits per heavy atom. The van der Waals surface area contributed by atoms with Gasteiger partial charge in [0.25, 0.3) is 0 Å². The van der Waals surface area contributed by atoms with Gasteiger partial charge in [-0.3, -0.25) is 18.6 Å². The molecule has 0 saturated carbocycles. The lowest BCUT2D eigenvalue weighted by Gasteiger charge is -2.32. The van der Waals surface area contributed by atoms with Crippen LogP contribution in [0.15, 0.2) is 72.8 Å². The number of methoxy groups -OCH3 is 2. The second-order valence-corrected chi connectivity index (χ2v) is 12.5. The largest absolute Gasteiger partial charge is 0.467 e. The summed E-state index contributed by atoms with van der Waals surface area (Å²) < 4.78 is 32.5. The second kappa shape index (κ2) is 13.4. The number of H-pyrrole nitrogens is 1. The quantitative estimate of drug-likeness (QED) is 0.140. The fourth-order valence-corrected chi connectivity index (χ4v) is 6.66. The van der Waals surface area contributed by atoms with Gasteiger partial charge in [-0.25, -0.2) is 19.4 Å². The Morgan fingerprint density at radius 3 is 2.31 bits per heavy atom. The molecular formula is C31H33N5O8S. The lowest BCUT2D eigenvalue weighted by Crippen LogP contribution is -2.48. The van der Waals surface area contributed by atoms with Crippen LogP contribution in [0.25, 0.3) is 11.0 Å². The van der Waals surface area contributed by atoms with E-state index < -0.39 is 52.0 Å². The molecule has 14 heteroatoms. The maximum absolute atomic E-state index is 13.3. The first kappa shape index (κ1) is 31.5. The number of imidazole rings is 1. The number of aromatic nitrogens is 2. The number of benzene rings is 3. The highest BCUT2D eigenvalue weighted by Crippen LogP contribution is 2.56. The van der Waals surface area contributed by atoms with Gasteiger partial charge in [-0.05, 0) is 41.3 Å². The summed E-state index contributed by atoms with van der Waals surface area (Å²) in [7, 11) is -0.765. The SMILES string of the molecule is COC(=O)c1ccc2nc(C(Cc3ccc(C4CC(=O)NS4(O)O)cc3)NC(=O)N[C@H](Cc3ccccc3)C(=O)OC)[nH]c2c1. The highest BCUT2D eigenvalue weighted by molar-refractivity contribution is 8.23. The van der Waals surface area contributed by atoms with Crippen LogP contribution in [-0.2, 0) is 31.9 Å². The predicted molar refractivity (Wildman–Crippen MR) is 166 cm³/mol. The summed E-state index contributed by atoms with van der Waals surface area (Å²) in [5, 5.41) is 4.84. The molecule has 0 spiro atoms. The smallest absolute Gasteiger partial charge is 0.337 e. The van der Waals surface area contributed by atoms with Crippen LogP contribution < -0.4 is 15.4 Å². The van der Waals surface area contributed by atoms with Crippen LogP contribution in [0.2, 0.25) is 0 Å². The van der Waals surface area contributed by atoms with Crippen LogP contribution >= 0.6 is 10.8 Å². The fraction of sp³-hybridized carbons (Fsp3) is 0.258. The number of rotatable bonds is 10. The molecule has 1 aliphatic rings. The number of hydrogen-bond donors (Lipinski definition) is 6. The van der Waals surface area contributed by atoms with Crippen molar-refractivity contribution in [1.29, 1.82) is 0 Å². The Bertz CT molecular complexity index is 1710. The van der Waals surface area contributed by atoms with Crippen molar-refractivity contribution in [2.75, 3.05) is 14.2 Å². The molecule has 1 aliphatic heterocycles. The number of carbonyl (C=O) groups excluding carboxylic acids is 4. The van der Waals surface area contributed by atoms with Gasteiger partial charge < -0.3 is 25.1 Å². The maximum Gasteiger partial charge on any atom is 0.337 e. The zero-order valence-electron chi connectivity index (χ0n) is 24.5. The summed E-state index contributed by atoms with van der Waals surface area (Å²) in [6.45, 7) is 0. The summed E-state index contributed by atoms with van der Waals surface area (Å²) in [4.78, 5) is 57.6. The number of fused-ring (bicyclic) bond motifs is 1. The van der Waals surface area contributed by atoms with Crippen LogP contribution in [0, 0.1) is 0 Å². The molecule has 3 atom stereocenters. The Morgan fingerprint density at radius 2 is 1.67 bits per heavy atom. The fourth-order valence-electron chi connectivity index (χ4n) is 5.18. The van der Waals surface area contributed by atoms with Crippen LogP contribution in [-0.4, -0.2) is 63.2 Å². The van der Waals surface area contributed by atoms with Gasteiger partial charge in [0.2, 0.25) is 5.91 Å². The van der Waals surface area contributed by atoms with Gasteiger partial charge in [0.05, 0.1) is 43.3 Å². The lowest BCUT2D eigenvalue weighted by atomic mass is 10.0. The zero-order valence-corrected chi connectivity index (χ0v) is 25.3. The molecule has 1 aromatic heterocycles. The van der Waals surface area contributed by atoms with Crippen LogP contribution in [0.3, 0.4) is 0 Å². The molecule has 3 aromatic carbocycles. The minimum atomic E-state index is -3.30. The van der Waals surface area contributed by atoms with Crippen LogP contribution in [0.4, 0.5) is 4.79 Å². The molecule has 4 aromatic rings. The highest BCUT2D eigenvalue weighted by atomic mass is 32.3. The number of aromatic amines is 1. The molecule has 0 bridgehead atoms. The summed E-state index contributed by atoms with van der Waals surface area (Å²) in [5.74, 6) is -1.16. The Balaban J connectivity index is 1.40. The number of ether oxygens (including phenoxy) is 2. The van der Waals surface area contributed by atoms with E-state index in [2.05, 4.69) is 25.3 Å². The molecule has 13 nitrogen and oxygen atoms in total. The molecule has 6 N–H and O–H groups in total. The van der Waals surface area contributed by atoms with E-state index in [0.717, 1.165) is 11.1 Å². The maximum atomic E-state index is 13.3. The second-order valence-electron chi connectivity index (χ2n) is 10.5. The van der Waals surface area contributed by atoms with Gasteiger partial charge >= 0.3 is 18.0 Å². The van der Waals surface area contributed by atoms with E-state index in [4.69, 9.17) is 9.47 Å². The lowest BCUT2D eigenvalue weighted by molar-refractivity contribution is -0.142. The topological polar surface area (TPSA) is 192 Å². The number of amides is 3. The average molecular weight is 636 g/mol. The molecule has 0 aliphatic carbocycles. The van der Waals surface area contributed by atoms with Gasteiger partial charge in [-0.15, -0.1) is 10.8 Å². The van der Waals surface area contributed by atoms with Crippen molar-refractivity contribution in [3.63, 3.8) is 0 Å². The van der Waals surface area contributed by atoms with E-state index in [1.54, 1.807) is 42.5 Å². The van der Waals surface area contributed by atoms with Gasteiger partial charge in [0.1, 0.15) is 17.1 Å². The van der Waals surface area contributed by atoms with Crippen molar-refractivity contribution in [2.24, 2.45) is 0 Å². The highest BCUT2D eigenvalue weighted by Gasteiger charge is 2.38. The van der Waals surface area contributed by atoms with Crippen LogP contribution in [0.1, 0.15) is 50.6 Å². The van der Waals surface area contributed by atoms with E-state index in [0.29, 0.717) is 28.0 Å². The normalized spacial score (nSPS) is 17.5. The first-order valence-electron chi connectivity index (χ1n) is 14.0. The molecule has 3 amide bonds. The average Bonchev–Trinajstić information content (AvgIpc) is 3.58. The van der Waals surface area contributed by atoms with E-state index in [9.17, 15) is 28.3 Å². The van der Waals surface area contributed by atoms with Crippen molar-refractivity contribution in [1.82, 2.24) is 25.3 Å². The minimum absolute atomic E-state index is 0.0388. The molecular weight excluding hydrogens is 602 g/mol. The Kier molecular flexibility index (Phi) is 9.37. The van der Waals surface area contributed by atoms with E-state index >= 15 is 0 Å². The summed E-state index contributed by atoms with van der Waals surface area (Å²) in [5.41, 5.74) is 3.61. The van der Waals surface area contributed by atoms with Crippen molar-refractivity contribution in [2.45, 2.75) is 36.6 Å². The number of nitrogens with one attached hydrogen (secondary N) is 4. The Hall–Kier alpha value is -4.92. The van der Waals surface area contributed by atoms with Crippen molar-refractivity contribution in [3.8, 4) is 0 Å².